The molecule has 1 aromatic carbocycles. The monoisotopic (exact) mass is 209 g/mol. The van der Waals surface area contributed by atoms with Gasteiger partial charge in [0.25, 0.3) is 0 Å². The molecule has 76 valence electrons. The number of benzene rings is 1. The zero-order valence-corrected chi connectivity index (χ0v) is 8.89. The van der Waals surface area contributed by atoms with Gasteiger partial charge in [-0.1, -0.05) is 6.07 Å². The molecule has 3 heteroatoms. The van der Waals surface area contributed by atoms with Gasteiger partial charge >= 0.3 is 0 Å². The summed E-state index contributed by atoms with van der Waals surface area (Å²) in [6.45, 7) is 2.24. The molecule has 0 bridgehead atoms. The first-order valence-corrected chi connectivity index (χ1v) is 5.89. The van der Waals surface area contributed by atoms with Crippen LogP contribution >= 0.6 is 11.8 Å². The summed E-state index contributed by atoms with van der Waals surface area (Å²) in [5.74, 6) is 0.365. The molecule has 1 saturated heterocycles. The van der Waals surface area contributed by atoms with Gasteiger partial charge in [-0.05, 0) is 44.1 Å². The van der Waals surface area contributed by atoms with Gasteiger partial charge in [-0.25, -0.2) is 0 Å². The lowest BCUT2D eigenvalue weighted by molar-refractivity contribution is 0.473. The summed E-state index contributed by atoms with van der Waals surface area (Å²) in [5, 5.41) is 13.4. The van der Waals surface area contributed by atoms with E-state index in [9.17, 15) is 5.11 Å². The zero-order valence-electron chi connectivity index (χ0n) is 8.07. The number of thioether (sulfide) groups is 1. The van der Waals surface area contributed by atoms with Crippen LogP contribution in [0.15, 0.2) is 29.2 Å². The number of phenols is 1. The van der Waals surface area contributed by atoms with Crippen molar-refractivity contribution in [2.45, 2.75) is 23.0 Å². The second kappa shape index (κ2) is 4.71. The summed E-state index contributed by atoms with van der Waals surface area (Å²) in [5.41, 5.74) is 0. The van der Waals surface area contributed by atoms with E-state index in [1.807, 2.05) is 23.9 Å². The minimum Gasteiger partial charge on any atom is -0.508 e. The van der Waals surface area contributed by atoms with Crippen molar-refractivity contribution in [3.63, 3.8) is 0 Å². The molecule has 1 fully saturated rings. The first kappa shape index (κ1) is 9.87. The third kappa shape index (κ3) is 2.66. The van der Waals surface area contributed by atoms with Gasteiger partial charge in [0, 0.05) is 10.1 Å². The maximum Gasteiger partial charge on any atom is 0.116 e. The van der Waals surface area contributed by atoms with Crippen molar-refractivity contribution in [1.29, 1.82) is 0 Å². The minimum absolute atomic E-state index is 0.365. The van der Waals surface area contributed by atoms with Crippen LogP contribution in [0.4, 0.5) is 0 Å². The van der Waals surface area contributed by atoms with Gasteiger partial charge in [0.05, 0.1) is 0 Å². The molecule has 2 N–H and O–H groups in total. The van der Waals surface area contributed by atoms with Crippen molar-refractivity contribution >= 4 is 11.8 Å². The Kier molecular flexibility index (Phi) is 3.32. The van der Waals surface area contributed by atoms with Gasteiger partial charge in [-0.3, -0.25) is 0 Å². The van der Waals surface area contributed by atoms with Crippen LogP contribution in [0.25, 0.3) is 0 Å². The van der Waals surface area contributed by atoms with E-state index in [0.717, 1.165) is 13.1 Å². The Morgan fingerprint density at radius 2 is 2.07 bits per heavy atom. The zero-order chi connectivity index (χ0) is 9.80. The number of hydrogen-bond donors (Lipinski definition) is 2. The molecular weight excluding hydrogens is 194 g/mol. The predicted molar refractivity (Wildman–Crippen MR) is 59.9 cm³/mol. The van der Waals surface area contributed by atoms with Gasteiger partial charge in [0.1, 0.15) is 5.75 Å². The summed E-state index contributed by atoms with van der Waals surface area (Å²) in [6, 6.07) is 7.52. The van der Waals surface area contributed by atoms with Gasteiger partial charge in [0.15, 0.2) is 0 Å². The van der Waals surface area contributed by atoms with Crippen molar-refractivity contribution in [2.75, 3.05) is 13.1 Å². The van der Waals surface area contributed by atoms with Crippen molar-refractivity contribution in [3.8, 4) is 5.75 Å². The third-order valence-electron chi connectivity index (χ3n) is 2.41. The lowest BCUT2D eigenvalue weighted by Gasteiger charge is -2.21. The molecule has 0 atom stereocenters. The molecular formula is C11H15NOS. The van der Waals surface area contributed by atoms with Crippen LogP contribution in [0.3, 0.4) is 0 Å². The molecule has 0 aliphatic carbocycles. The van der Waals surface area contributed by atoms with E-state index in [0.29, 0.717) is 11.0 Å². The molecule has 1 heterocycles. The van der Waals surface area contributed by atoms with Crippen molar-refractivity contribution in [2.24, 2.45) is 0 Å². The van der Waals surface area contributed by atoms with E-state index in [2.05, 4.69) is 11.4 Å². The molecule has 14 heavy (non-hydrogen) atoms. The molecule has 0 unspecified atom stereocenters. The Hall–Kier alpha value is -0.670. The Balaban J connectivity index is 1.95. The number of aromatic hydroxyl groups is 1. The third-order valence-corrected chi connectivity index (χ3v) is 3.74. The van der Waals surface area contributed by atoms with Crippen LogP contribution in [0, 0.1) is 0 Å². The average molecular weight is 209 g/mol. The molecule has 0 saturated carbocycles. The van der Waals surface area contributed by atoms with Crippen molar-refractivity contribution in [3.05, 3.63) is 24.3 Å². The molecule has 0 aromatic heterocycles. The Morgan fingerprint density at radius 3 is 2.79 bits per heavy atom. The summed E-state index contributed by atoms with van der Waals surface area (Å²) in [4.78, 5) is 1.18. The van der Waals surface area contributed by atoms with Gasteiger partial charge in [-0.2, -0.15) is 0 Å². The van der Waals surface area contributed by atoms with E-state index in [1.54, 1.807) is 6.07 Å². The molecule has 0 amide bonds. The number of nitrogens with one attached hydrogen (secondary N) is 1. The standard InChI is InChI=1S/C11H15NOS/c13-9-2-1-3-11(8-9)14-10-4-6-12-7-5-10/h1-3,8,10,12-13H,4-7H2. The fraction of sp³-hybridized carbons (Fsp3) is 0.455. The van der Waals surface area contributed by atoms with Gasteiger partial charge in [-0.15, -0.1) is 11.8 Å². The lowest BCUT2D eigenvalue weighted by Crippen LogP contribution is -2.29. The normalized spacial score (nSPS) is 18.3. The Morgan fingerprint density at radius 1 is 1.29 bits per heavy atom. The SMILES string of the molecule is Oc1cccc(SC2CCNCC2)c1. The first-order chi connectivity index (χ1) is 6.84. The predicted octanol–water partition coefficient (Wildman–Crippen LogP) is 2.24. The maximum absolute atomic E-state index is 9.32. The minimum atomic E-state index is 0.365. The summed E-state index contributed by atoms with van der Waals surface area (Å²) < 4.78 is 0. The van der Waals surface area contributed by atoms with Crippen LogP contribution in [0.5, 0.6) is 5.75 Å². The van der Waals surface area contributed by atoms with E-state index in [-0.39, 0.29) is 0 Å². The highest BCUT2D eigenvalue weighted by molar-refractivity contribution is 8.00. The van der Waals surface area contributed by atoms with Crippen LogP contribution < -0.4 is 5.32 Å². The number of phenolic OH excluding ortho intramolecular Hbond substituents is 1. The van der Waals surface area contributed by atoms with E-state index < -0.39 is 0 Å². The molecule has 0 radical (unpaired) electrons. The van der Waals surface area contributed by atoms with Crippen LogP contribution in [0.2, 0.25) is 0 Å². The van der Waals surface area contributed by atoms with Crippen molar-refractivity contribution in [1.82, 2.24) is 5.32 Å². The summed E-state index contributed by atoms with van der Waals surface area (Å²) >= 11 is 1.88. The molecule has 1 aliphatic rings. The van der Waals surface area contributed by atoms with Gasteiger partial charge in [0.2, 0.25) is 0 Å². The first-order valence-electron chi connectivity index (χ1n) is 5.01. The molecule has 1 aromatic rings. The fourth-order valence-electron chi connectivity index (χ4n) is 1.66. The highest BCUT2D eigenvalue weighted by Crippen LogP contribution is 2.30. The number of hydrogen-bond acceptors (Lipinski definition) is 3. The van der Waals surface area contributed by atoms with Gasteiger partial charge < -0.3 is 10.4 Å². The van der Waals surface area contributed by atoms with Crippen LogP contribution in [0.1, 0.15) is 12.8 Å². The number of piperidine rings is 1. The maximum atomic E-state index is 9.32. The second-order valence-corrected chi connectivity index (χ2v) is 4.94. The Bertz CT molecular complexity index is 297. The van der Waals surface area contributed by atoms with Crippen LogP contribution in [-0.2, 0) is 0 Å². The van der Waals surface area contributed by atoms with E-state index in [4.69, 9.17) is 0 Å². The largest absolute Gasteiger partial charge is 0.508 e. The molecule has 1 aliphatic heterocycles. The summed E-state index contributed by atoms with van der Waals surface area (Å²) in [7, 11) is 0. The van der Waals surface area contributed by atoms with Crippen LogP contribution in [-0.4, -0.2) is 23.4 Å². The average Bonchev–Trinajstić information content (AvgIpc) is 2.19. The highest BCUT2D eigenvalue weighted by Gasteiger charge is 2.13. The molecule has 2 rings (SSSR count). The fourth-order valence-corrected chi connectivity index (χ4v) is 2.86. The molecule has 0 spiro atoms. The Labute approximate surface area is 88.7 Å². The number of rotatable bonds is 2. The second-order valence-electron chi connectivity index (χ2n) is 3.56. The smallest absolute Gasteiger partial charge is 0.116 e. The molecule has 2 nitrogen and oxygen atoms in total. The topological polar surface area (TPSA) is 32.3 Å². The van der Waals surface area contributed by atoms with E-state index >= 15 is 0 Å². The van der Waals surface area contributed by atoms with Crippen molar-refractivity contribution < 1.29 is 5.11 Å². The quantitative estimate of drug-likeness (QED) is 0.783. The highest BCUT2D eigenvalue weighted by atomic mass is 32.2. The van der Waals surface area contributed by atoms with E-state index in [1.165, 1.54) is 17.7 Å². The lowest BCUT2D eigenvalue weighted by atomic mass is 10.2. The summed E-state index contributed by atoms with van der Waals surface area (Å²) in [6.07, 6.45) is 2.45.